The van der Waals surface area contributed by atoms with Crippen molar-refractivity contribution in [1.82, 2.24) is 10.6 Å². The molecular weight excluding hydrogens is 508 g/mol. The fourth-order valence-corrected chi connectivity index (χ4v) is 3.64. The molecule has 0 fully saturated rings. The second-order valence-electron chi connectivity index (χ2n) is 11.3. The molecular formula is C32H48N2O6. The van der Waals surface area contributed by atoms with Gasteiger partial charge in [-0.15, -0.1) is 6.58 Å². The molecule has 1 rings (SSSR count). The summed E-state index contributed by atoms with van der Waals surface area (Å²) < 4.78 is 15.6. The van der Waals surface area contributed by atoms with E-state index in [0.29, 0.717) is 31.6 Å². The first-order valence-electron chi connectivity index (χ1n) is 13.8. The fourth-order valence-electron chi connectivity index (χ4n) is 3.64. The van der Waals surface area contributed by atoms with Crippen LogP contribution in [0.5, 0.6) is 5.75 Å². The molecule has 0 bridgehead atoms. The molecule has 0 aromatic heterocycles. The number of hydrogen-bond donors (Lipinski definition) is 2. The number of carbonyl (C=O) groups excluding carboxylic acids is 3. The maximum Gasteiger partial charge on any atom is 0.407 e. The maximum atomic E-state index is 12.5. The first kappa shape index (κ1) is 34.5. The van der Waals surface area contributed by atoms with Crippen LogP contribution in [0.1, 0.15) is 79.2 Å². The van der Waals surface area contributed by atoms with Crippen molar-refractivity contribution in [3.8, 4) is 5.75 Å². The molecule has 1 aromatic rings. The van der Waals surface area contributed by atoms with E-state index in [0.717, 1.165) is 18.4 Å². The summed E-state index contributed by atoms with van der Waals surface area (Å²) in [5.41, 5.74) is 1.65. The number of allylic oxidation sites excluding steroid dienone is 4. The third-order valence-corrected chi connectivity index (χ3v) is 6.02. The summed E-state index contributed by atoms with van der Waals surface area (Å²) in [6.45, 7) is 15.9. The number of amides is 2. The number of rotatable bonds is 16. The zero-order chi connectivity index (χ0) is 30.2. The highest BCUT2D eigenvalue weighted by Gasteiger charge is 2.22. The zero-order valence-electron chi connectivity index (χ0n) is 25.3. The largest absolute Gasteiger partial charge is 0.484 e. The molecule has 0 unspecified atom stereocenters. The minimum Gasteiger partial charge on any atom is -0.484 e. The second-order valence-corrected chi connectivity index (χ2v) is 11.3. The van der Waals surface area contributed by atoms with Crippen LogP contribution < -0.4 is 15.4 Å². The van der Waals surface area contributed by atoms with Crippen LogP contribution >= 0.6 is 0 Å². The van der Waals surface area contributed by atoms with E-state index >= 15 is 0 Å². The van der Waals surface area contributed by atoms with E-state index in [-0.39, 0.29) is 12.0 Å². The SMILES string of the molecule is C=C[C@@](C)(/C=C/c1ccc(OCC(=O)N[C@@H](CCCCNC(=O)OC(C)(C)C)C(=O)OC)cc1)CCC=C(C)C. The number of nitrogens with one attached hydrogen (secondary N) is 2. The lowest BCUT2D eigenvalue weighted by Crippen LogP contribution is -2.43. The van der Waals surface area contributed by atoms with E-state index in [9.17, 15) is 14.4 Å². The first-order valence-corrected chi connectivity index (χ1v) is 13.8. The molecule has 0 aliphatic rings. The number of carbonyl (C=O) groups is 3. The van der Waals surface area contributed by atoms with Crippen LogP contribution in [0.15, 0.2) is 54.6 Å². The Kier molecular flexibility index (Phi) is 14.8. The monoisotopic (exact) mass is 556 g/mol. The Hall–Kier alpha value is -3.55. The molecule has 222 valence electrons. The van der Waals surface area contributed by atoms with E-state index in [1.807, 2.05) is 18.2 Å². The predicted octanol–water partition coefficient (Wildman–Crippen LogP) is 6.37. The third-order valence-electron chi connectivity index (χ3n) is 6.02. The Labute approximate surface area is 240 Å². The van der Waals surface area contributed by atoms with Crippen molar-refractivity contribution in [2.75, 3.05) is 20.3 Å². The Balaban J connectivity index is 2.53. The van der Waals surface area contributed by atoms with E-state index in [1.54, 1.807) is 32.9 Å². The number of ether oxygens (including phenoxy) is 3. The summed E-state index contributed by atoms with van der Waals surface area (Å²) in [5, 5.41) is 5.35. The van der Waals surface area contributed by atoms with E-state index in [1.165, 1.54) is 12.7 Å². The van der Waals surface area contributed by atoms with Crippen molar-refractivity contribution in [2.45, 2.75) is 85.3 Å². The smallest absolute Gasteiger partial charge is 0.407 e. The van der Waals surface area contributed by atoms with Crippen LogP contribution in [-0.4, -0.2) is 49.9 Å². The van der Waals surface area contributed by atoms with E-state index in [4.69, 9.17) is 14.2 Å². The quantitative estimate of drug-likeness (QED) is 0.139. The molecule has 2 N–H and O–H groups in total. The highest BCUT2D eigenvalue weighted by atomic mass is 16.6. The average molecular weight is 557 g/mol. The van der Waals surface area contributed by atoms with Gasteiger partial charge in [-0.25, -0.2) is 9.59 Å². The average Bonchev–Trinajstić information content (AvgIpc) is 2.88. The Bertz CT molecular complexity index is 1020. The van der Waals surface area contributed by atoms with Crippen LogP contribution in [0.2, 0.25) is 0 Å². The third kappa shape index (κ3) is 15.1. The number of methoxy groups -OCH3 is 1. The number of alkyl carbamates (subject to hydrolysis) is 1. The Morgan fingerprint density at radius 1 is 1.05 bits per heavy atom. The first-order chi connectivity index (χ1) is 18.8. The summed E-state index contributed by atoms with van der Waals surface area (Å²) in [4.78, 5) is 36.3. The maximum absolute atomic E-state index is 12.5. The molecule has 0 saturated carbocycles. The normalized spacial score (nSPS) is 13.5. The van der Waals surface area contributed by atoms with E-state index < -0.39 is 29.6 Å². The summed E-state index contributed by atoms with van der Waals surface area (Å²) in [7, 11) is 1.28. The summed E-state index contributed by atoms with van der Waals surface area (Å²) in [6.07, 6.45) is 11.5. The van der Waals surface area contributed by atoms with Crippen LogP contribution in [0, 0.1) is 5.41 Å². The second kappa shape index (κ2) is 17.2. The number of hydrogen-bond acceptors (Lipinski definition) is 6. The van der Waals surface area contributed by atoms with Gasteiger partial charge < -0.3 is 24.8 Å². The van der Waals surface area contributed by atoms with Gasteiger partial charge in [0.05, 0.1) is 7.11 Å². The number of benzene rings is 1. The summed E-state index contributed by atoms with van der Waals surface area (Å²) in [5.74, 6) is -0.411. The van der Waals surface area contributed by atoms with Crippen molar-refractivity contribution in [2.24, 2.45) is 5.41 Å². The van der Waals surface area contributed by atoms with Crippen LogP contribution in [0.25, 0.3) is 6.08 Å². The van der Waals surface area contributed by atoms with Crippen LogP contribution in [0.4, 0.5) is 4.79 Å². The van der Waals surface area contributed by atoms with Crippen LogP contribution in [-0.2, 0) is 19.1 Å². The fraction of sp³-hybridized carbons (Fsp3) is 0.531. The van der Waals surface area contributed by atoms with Crippen molar-refractivity contribution in [1.29, 1.82) is 0 Å². The lowest BCUT2D eigenvalue weighted by molar-refractivity contribution is -0.145. The van der Waals surface area contributed by atoms with Gasteiger partial charge in [-0.05, 0) is 84.4 Å². The molecule has 8 nitrogen and oxygen atoms in total. The minimum absolute atomic E-state index is 0.107. The van der Waals surface area contributed by atoms with Crippen molar-refractivity contribution in [3.05, 3.63) is 60.2 Å². The molecule has 40 heavy (non-hydrogen) atoms. The van der Waals surface area contributed by atoms with E-state index in [2.05, 4.69) is 56.2 Å². The number of unbranched alkanes of at least 4 members (excludes halogenated alkanes) is 1. The van der Waals surface area contributed by atoms with Gasteiger partial charge >= 0.3 is 12.1 Å². The topological polar surface area (TPSA) is 103 Å². The minimum atomic E-state index is -0.800. The van der Waals surface area contributed by atoms with Crippen molar-refractivity contribution >= 4 is 24.0 Å². The summed E-state index contributed by atoms with van der Waals surface area (Å²) in [6, 6.07) is 6.65. The highest BCUT2D eigenvalue weighted by Crippen LogP contribution is 2.28. The Morgan fingerprint density at radius 3 is 2.30 bits per heavy atom. The van der Waals surface area contributed by atoms with Crippen LogP contribution in [0.3, 0.4) is 0 Å². The molecule has 8 heteroatoms. The van der Waals surface area contributed by atoms with Gasteiger partial charge in [0.25, 0.3) is 5.91 Å². The molecule has 1 aromatic carbocycles. The van der Waals surface area contributed by atoms with Gasteiger partial charge in [0.1, 0.15) is 17.4 Å². The molecule has 0 radical (unpaired) electrons. The highest BCUT2D eigenvalue weighted by molar-refractivity contribution is 5.85. The molecule has 0 heterocycles. The van der Waals surface area contributed by atoms with Gasteiger partial charge in [-0.2, -0.15) is 0 Å². The molecule has 2 amide bonds. The Morgan fingerprint density at radius 2 is 1.73 bits per heavy atom. The van der Waals surface area contributed by atoms with Gasteiger partial charge in [0.15, 0.2) is 6.61 Å². The molecule has 0 aliphatic carbocycles. The van der Waals surface area contributed by atoms with Gasteiger partial charge in [-0.3, -0.25) is 4.79 Å². The van der Waals surface area contributed by atoms with Crippen molar-refractivity contribution < 1.29 is 28.6 Å². The zero-order valence-corrected chi connectivity index (χ0v) is 25.3. The predicted molar refractivity (Wildman–Crippen MR) is 160 cm³/mol. The summed E-state index contributed by atoms with van der Waals surface area (Å²) >= 11 is 0. The van der Waals surface area contributed by atoms with Gasteiger partial charge in [0, 0.05) is 12.0 Å². The van der Waals surface area contributed by atoms with Gasteiger partial charge in [0.2, 0.25) is 0 Å². The lowest BCUT2D eigenvalue weighted by atomic mass is 9.84. The number of esters is 1. The van der Waals surface area contributed by atoms with Crippen molar-refractivity contribution in [3.63, 3.8) is 0 Å². The molecule has 0 saturated heterocycles. The lowest BCUT2D eigenvalue weighted by Gasteiger charge is -2.20. The molecule has 2 atom stereocenters. The standard InChI is InChI=1S/C32H48N2O6/c1-9-32(7,20-12-13-24(2)3)21-19-25-15-17-26(18-16-25)39-23-28(35)34-27(29(36)38-8)14-10-11-22-33-30(37)40-31(4,5)6/h9,13,15-19,21,27H,1,10-12,14,20,22-23H2,2-8H3,(H,33,37)(H,34,35)/b21-19+/t27-,32+/m0/s1. The van der Waals surface area contributed by atoms with Gasteiger partial charge in [-0.1, -0.05) is 48.9 Å². The molecule has 0 aliphatic heterocycles. The molecule has 0 spiro atoms.